The van der Waals surface area contributed by atoms with Gasteiger partial charge < -0.3 is 5.32 Å². The number of nitro groups is 1. The zero-order chi connectivity index (χ0) is 34.5. The highest BCUT2D eigenvalue weighted by atomic mass is 19.1. The number of pyridine rings is 1. The minimum absolute atomic E-state index is 0.0412. The van der Waals surface area contributed by atoms with Crippen LogP contribution in [0, 0.1) is 22.9 Å². The van der Waals surface area contributed by atoms with Crippen LogP contribution in [0.3, 0.4) is 0 Å². The molecule has 2 heterocycles. The molecular weight excluding hydrogens is 625 g/mol. The van der Waals surface area contributed by atoms with Crippen molar-refractivity contribution in [1.29, 1.82) is 0 Å². The lowest BCUT2D eigenvalue weighted by Crippen LogP contribution is -2.38. The Morgan fingerprint density at radius 3 is 1.90 bits per heavy atom. The van der Waals surface area contributed by atoms with E-state index in [2.05, 4.69) is 46.7 Å². The number of nitrogens with zero attached hydrogens (tertiary/aromatic N) is 4. The smallest absolute Gasteiger partial charge is 0.274 e. The van der Waals surface area contributed by atoms with Gasteiger partial charge in [0.25, 0.3) is 5.69 Å². The molecule has 50 heavy (non-hydrogen) atoms. The van der Waals surface area contributed by atoms with Crippen LogP contribution in [0.25, 0.3) is 22.2 Å². The molecule has 7 nitrogen and oxygen atoms in total. The van der Waals surface area contributed by atoms with Crippen LogP contribution in [-0.2, 0) is 18.4 Å². The Balaban J connectivity index is 1.42. The molecule has 8 heteroatoms. The fraction of sp³-hybridized carbons (Fsp3) is 0.143. The molecule has 0 aliphatic rings. The summed E-state index contributed by atoms with van der Waals surface area (Å²) >= 11 is 0. The largest absolute Gasteiger partial charge is 0.316 e. The number of rotatable bonds is 12. The van der Waals surface area contributed by atoms with Crippen molar-refractivity contribution in [1.82, 2.24) is 20.1 Å². The van der Waals surface area contributed by atoms with Crippen molar-refractivity contribution in [2.45, 2.75) is 25.3 Å². The molecule has 0 saturated carbocycles. The topological polar surface area (TPSA) is 85.9 Å². The number of fused-ring (bicyclic) bond motifs is 1. The van der Waals surface area contributed by atoms with Gasteiger partial charge in [-0.25, -0.2) is 9.07 Å². The molecule has 0 unspecified atom stereocenters. The Morgan fingerprint density at radius 1 is 0.760 bits per heavy atom. The van der Waals surface area contributed by atoms with E-state index in [0.717, 1.165) is 51.0 Å². The van der Waals surface area contributed by atoms with E-state index in [4.69, 9.17) is 5.10 Å². The standard InChI is InChI=1S/C42H36FN5O2/c1-30-27-33(23-26-45-30)41-38-28-32(22-25-44-24-21-31-17-19-37(43)20-18-31)39(48(49)50)29-40(38)47(46-41)42(34-11-5-2-6-12-34,35-13-7-3-8-14-35)36-15-9-4-10-16-36/h2-20,23,26-29,44H,21-22,24-25H2,1H3. The van der Waals surface area contributed by atoms with Crippen LogP contribution >= 0.6 is 0 Å². The van der Waals surface area contributed by atoms with E-state index >= 15 is 0 Å². The maximum atomic E-state index is 13.3. The summed E-state index contributed by atoms with van der Waals surface area (Å²) in [5, 5.41) is 22.4. The lowest BCUT2D eigenvalue weighted by Gasteiger charge is -2.37. The molecule has 5 aromatic carbocycles. The van der Waals surface area contributed by atoms with Crippen molar-refractivity contribution in [2.24, 2.45) is 0 Å². The fourth-order valence-electron chi connectivity index (χ4n) is 6.86. The van der Waals surface area contributed by atoms with Crippen molar-refractivity contribution < 1.29 is 9.31 Å². The highest BCUT2D eigenvalue weighted by Crippen LogP contribution is 2.45. The lowest BCUT2D eigenvalue weighted by atomic mass is 9.77. The van der Waals surface area contributed by atoms with Crippen molar-refractivity contribution in [3.8, 4) is 11.3 Å². The Hall–Kier alpha value is -5.99. The number of hydrogen-bond donors (Lipinski definition) is 1. The van der Waals surface area contributed by atoms with Crippen LogP contribution in [0.1, 0.15) is 33.5 Å². The van der Waals surface area contributed by atoms with Crippen LogP contribution in [0.5, 0.6) is 0 Å². The highest BCUT2D eigenvalue weighted by Gasteiger charge is 2.41. The maximum absolute atomic E-state index is 13.3. The number of nitrogens with one attached hydrogen (secondary N) is 1. The van der Waals surface area contributed by atoms with Crippen LogP contribution in [-0.4, -0.2) is 32.8 Å². The fourth-order valence-corrected chi connectivity index (χ4v) is 6.86. The van der Waals surface area contributed by atoms with Gasteiger partial charge in [-0.1, -0.05) is 103 Å². The normalized spacial score (nSPS) is 11.6. The molecule has 0 bridgehead atoms. The van der Waals surface area contributed by atoms with E-state index in [9.17, 15) is 14.5 Å². The number of aryl methyl sites for hydroxylation is 1. The first-order valence-electron chi connectivity index (χ1n) is 16.7. The second-order valence-electron chi connectivity index (χ2n) is 12.4. The van der Waals surface area contributed by atoms with Crippen LogP contribution < -0.4 is 5.32 Å². The number of hydrogen-bond acceptors (Lipinski definition) is 5. The molecule has 7 rings (SSSR count). The molecule has 0 radical (unpaired) electrons. The summed E-state index contributed by atoms with van der Waals surface area (Å²) in [7, 11) is 0. The molecule has 0 aliphatic carbocycles. The number of benzene rings is 5. The van der Waals surface area contributed by atoms with Gasteiger partial charge in [-0.2, -0.15) is 5.10 Å². The van der Waals surface area contributed by atoms with Gasteiger partial charge in [-0.05, 0) is 85.4 Å². The maximum Gasteiger partial charge on any atom is 0.274 e. The third-order valence-electron chi connectivity index (χ3n) is 9.21. The Bertz CT molecular complexity index is 2140. The summed E-state index contributed by atoms with van der Waals surface area (Å²) in [6, 6.07) is 44.6. The van der Waals surface area contributed by atoms with Crippen molar-refractivity contribution in [3.05, 3.63) is 195 Å². The second kappa shape index (κ2) is 14.2. The number of nitro benzene ring substituents is 1. The average Bonchev–Trinajstić information content (AvgIpc) is 3.52. The summed E-state index contributed by atoms with van der Waals surface area (Å²) in [6.07, 6.45) is 2.93. The molecule has 0 saturated heterocycles. The van der Waals surface area contributed by atoms with Gasteiger partial charge in [-0.3, -0.25) is 15.1 Å². The summed E-state index contributed by atoms with van der Waals surface area (Å²) in [5.74, 6) is -0.262. The van der Waals surface area contributed by atoms with E-state index < -0.39 is 5.54 Å². The molecule has 1 N–H and O–H groups in total. The van der Waals surface area contributed by atoms with E-state index in [1.54, 1.807) is 24.4 Å². The van der Waals surface area contributed by atoms with E-state index in [-0.39, 0.29) is 16.4 Å². The Morgan fingerprint density at radius 2 is 1.34 bits per heavy atom. The zero-order valence-corrected chi connectivity index (χ0v) is 27.7. The summed E-state index contributed by atoms with van der Waals surface area (Å²) in [5.41, 5.74) is 6.70. The zero-order valence-electron chi connectivity index (χ0n) is 27.7. The molecule has 0 fully saturated rings. The summed E-state index contributed by atoms with van der Waals surface area (Å²) in [6.45, 7) is 3.14. The van der Waals surface area contributed by atoms with E-state index in [0.29, 0.717) is 30.6 Å². The molecule has 7 aromatic rings. The monoisotopic (exact) mass is 661 g/mol. The first kappa shape index (κ1) is 32.6. The van der Waals surface area contributed by atoms with Crippen molar-refractivity contribution in [3.63, 3.8) is 0 Å². The van der Waals surface area contributed by atoms with Gasteiger partial charge in [-0.15, -0.1) is 0 Å². The number of halogens is 1. The van der Waals surface area contributed by atoms with Gasteiger partial charge in [0.2, 0.25) is 0 Å². The number of aromatic nitrogens is 3. The summed E-state index contributed by atoms with van der Waals surface area (Å²) < 4.78 is 15.3. The molecule has 0 spiro atoms. The molecule has 248 valence electrons. The first-order valence-corrected chi connectivity index (χ1v) is 16.7. The minimum Gasteiger partial charge on any atom is -0.316 e. The Kier molecular flexibility index (Phi) is 9.27. The molecule has 0 atom stereocenters. The highest BCUT2D eigenvalue weighted by molar-refractivity contribution is 5.96. The van der Waals surface area contributed by atoms with Crippen LogP contribution in [0.2, 0.25) is 0 Å². The van der Waals surface area contributed by atoms with Crippen LogP contribution in [0.4, 0.5) is 10.1 Å². The molecule has 0 amide bonds. The van der Waals surface area contributed by atoms with Gasteiger partial charge in [0.05, 0.1) is 10.4 Å². The predicted molar refractivity (Wildman–Crippen MR) is 196 cm³/mol. The average molecular weight is 662 g/mol. The van der Waals surface area contributed by atoms with Gasteiger partial charge in [0, 0.05) is 34.5 Å². The third kappa shape index (κ3) is 6.29. The molecular formula is C42H36FN5O2. The molecule has 2 aromatic heterocycles. The predicted octanol–water partition coefficient (Wildman–Crippen LogP) is 8.67. The van der Waals surface area contributed by atoms with E-state index in [1.165, 1.54) is 12.1 Å². The minimum atomic E-state index is -0.973. The van der Waals surface area contributed by atoms with Crippen molar-refractivity contribution in [2.75, 3.05) is 13.1 Å². The first-order chi connectivity index (χ1) is 24.4. The second-order valence-corrected chi connectivity index (χ2v) is 12.4. The Labute approximate surface area is 290 Å². The van der Waals surface area contributed by atoms with Gasteiger partial charge in [0.15, 0.2) is 0 Å². The molecule has 0 aliphatic heterocycles. The van der Waals surface area contributed by atoms with Gasteiger partial charge in [0.1, 0.15) is 17.1 Å². The SMILES string of the molecule is Cc1cc(-c2nn(C(c3ccccc3)(c3ccccc3)c3ccccc3)c3cc([N+](=O)[O-])c(CCNCCc4ccc(F)cc4)cc23)ccn1. The van der Waals surface area contributed by atoms with E-state index in [1.807, 2.05) is 84.4 Å². The third-order valence-corrected chi connectivity index (χ3v) is 9.21. The van der Waals surface area contributed by atoms with Crippen LogP contribution in [0.15, 0.2) is 146 Å². The lowest BCUT2D eigenvalue weighted by molar-refractivity contribution is -0.385. The van der Waals surface area contributed by atoms with Gasteiger partial charge >= 0.3 is 0 Å². The summed E-state index contributed by atoms with van der Waals surface area (Å²) in [4.78, 5) is 16.9. The van der Waals surface area contributed by atoms with Crippen molar-refractivity contribution >= 4 is 16.6 Å². The quantitative estimate of drug-likeness (QED) is 0.0613.